The second-order valence-corrected chi connectivity index (χ2v) is 5.22. The van der Waals surface area contributed by atoms with Crippen molar-refractivity contribution >= 4 is 11.9 Å². The number of ether oxygens (including phenoxy) is 1. The van der Waals surface area contributed by atoms with Crippen LogP contribution in [0.3, 0.4) is 0 Å². The van der Waals surface area contributed by atoms with Gasteiger partial charge in [0.2, 0.25) is 5.91 Å². The first-order chi connectivity index (χ1) is 8.93. The lowest BCUT2D eigenvalue weighted by Gasteiger charge is -2.18. The van der Waals surface area contributed by atoms with E-state index in [1.54, 1.807) is 13.8 Å². The highest BCUT2D eigenvalue weighted by Gasteiger charge is 2.31. The van der Waals surface area contributed by atoms with Crippen LogP contribution >= 0.6 is 0 Å². The zero-order chi connectivity index (χ0) is 14.3. The van der Waals surface area contributed by atoms with E-state index >= 15 is 0 Å². The molecule has 1 atom stereocenters. The lowest BCUT2D eigenvalue weighted by Crippen LogP contribution is -2.38. The minimum Gasteiger partial charge on any atom is -0.466 e. The number of rotatable bonds is 7. The predicted molar refractivity (Wildman–Crippen MR) is 70.6 cm³/mol. The SMILES string of the molecule is CCOC(=O)CCCNC(=O)CN1CCC(C)(O)C1. The molecule has 1 aliphatic heterocycles. The van der Waals surface area contributed by atoms with Crippen LogP contribution in [0.5, 0.6) is 0 Å². The molecule has 0 aromatic rings. The van der Waals surface area contributed by atoms with Gasteiger partial charge in [-0.15, -0.1) is 0 Å². The average molecular weight is 272 g/mol. The van der Waals surface area contributed by atoms with Gasteiger partial charge in [-0.3, -0.25) is 14.5 Å². The average Bonchev–Trinajstić information content (AvgIpc) is 2.64. The van der Waals surface area contributed by atoms with Crippen LogP contribution in [0.4, 0.5) is 0 Å². The van der Waals surface area contributed by atoms with Crippen LogP contribution in [0, 0.1) is 0 Å². The van der Waals surface area contributed by atoms with Crippen molar-refractivity contribution in [2.45, 2.75) is 38.7 Å². The van der Waals surface area contributed by atoms with E-state index in [2.05, 4.69) is 5.32 Å². The molecule has 1 fully saturated rings. The van der Waals surface area contributed by atoms with Gasteiger partial charge in [-0.05, 0) is 26.7 Å². The smallest absolute Gasteiger partial charge is 0.305 e. The third-order valence-electron chi connectivity index (χ3n) is 3.08. The summed E-state index contributed by atoms with van der Waals surface area (Å²) < 4.78 is 4.79. The Morgan fingerprint density at radius 3 is 2.79 bits per heavy atom. The summed E-state index contributed by atoms with van der Waals surface area (Å²) in [5.41, 5.74) is -0.676. The standard InChI is InChI=1S/C13H24N2O4/c1-3-19-12(17)5-4-7-14-11(16)9-15-8-6-13(2,18)10-15/h18H,3-10H2,1-2H3,(H,14,16). The number of aliphatic hydroxyl groups is 1. The Balaban J connectivity index is 2.07. The maximum atomic E-state index is 11.6. The van der Waals surface area contributed by atoms with E-state index in [0.29, 0.717) is 45.5 Å². The topological polar surface area (TPSA) is 78.9 Å². The highest BCUT2D eigenvalue weighted by molar-refractivity contribution is 5.78. The van der Waals surface area contributed by atoms with Crippen molar-refractivity contribution in [3.63, 3.8) is 0 Å². The van der Waals surface area contributed by atoms with E-state index in [9.17, 15) is 14.7 Å². The van der Waals surface area contributed by atoms with Gasteiger partial charge < -0.3 is 15.2 Å². The van der Waals surface area contributed by atoms with Crippen molar-refractivity contribution in [1.29, 1.82) is 0 Å². The number of β-amino-alcohol motifs (C(OH)–C–C–N with tert-alkyl or cyclic N) is 1. The highest BCUT2D eigenvalue weighted by atomic mass is 16.5. The summed E-state index contributed by atoms with van der Waals surface area (Å²) >= 11 is 0. The fourth-order valence-corrected chi connectivity index (χ4v) is 2.13. The van der Waals surface area contributed by atoms with E-state index < -0.39 is 5.60 Å². The van der Waals surface area contributed by atoms with Crippen LogP contribution in [0.25, 0.3) is 0 Å². The minimum absolute atomic E-state index is 0.0680. The number of hydrogen-bond donors (Lipinski definition) is 2. The number of carbonyl (C=O) groups excluding carboxylic acids is 2. The summed E-state index contributed by atoms with van der Waals surface area (Å²) in [6.07, 6.45) is 1.61. The zero-order valence-electron chi connectivity index (χ0n) is 11.8. The van der Waals surface area contributed by atoms with Gasteiger partial charge in [0.25, 0.3) is 0 Å². The van der Waals surface area contributed by atoms with Crippen molar-refractivity contribution in [1.82, 2.24) is 10.2 Å². The van der Waals surface area contributed by atoms with Gasteiger partial charge in [0.05, 0.1) is 18.8 Å². The van der Waals surface area contributed by atoms with E-state index in [0.717, 1.165) is 6.54 Å². The van der Waals surface area contributed by atoms with Crippen LogP contribution in [0.1, 0.15) is 33.1 Å². The molecule has 1 aliphatic rings. The first-order valence-corrected chi connectivity index (χ1v) is 6.80. The minimum atomic E-state index is -0.676. The molecular weight excluding hydrogens is 248 g/mol. The zero-order valence-corrected chi connectivity index (χ0v) is 11.8. The number of carbonyl (C=O) groups is 2. The Hall–Kier alpha value is -1.14. The monoisotopic (exact) mass is 272 g/mol. The normalized spacial score (nSPS) is 23.3. The third kappa shape index (κ3) is 6.54. The molecule has 110 valence electrons. The molecule has 6 nitrogen and oxygen atoms in total. The molecule has 1 saturated heterocycles. The van der Waals surface area contributed by atoms with Gasteiger partial charge in [0, 0.05) is 26.1 Å². The fraction of sp³-hybridized carbons (Fsp3) is 0.846. The van der Waals surface area contributed by atoms with Crippen LogP contribution in [0.15, 0.2) is 0 Å². The van der Waals surface area contributed by atoms with Crippen molar-refractivity contribution < 1.29 is 19.4 Å². The van der Waals surface area contributed by atoms with Crippen LogP contribution in [-0.2, 0) is 14.3 Å². The first-order valence-electron chi connectivity index (χ1n) is 6.80. The van der Waals surface area contributed by atoms with Gasteiger partial charge in [-0.2, -0.15) is 0 Å². The summed E-state index contributed by atoms with van der Waals surface area (Å²) in [7, 11) is 0. The molecule has 0 saturated carbocycles. The molecule has 1 amide bonds. The van der Waals surface area contributed by atoms with Gasteiger partial charge in [0.1, 0.15) is 0 Å². The summed E-state index contributed by atoms with van der Waals surface area (Å²) in [5.74, 6) is -0.297. The Morgan fingerprint density at radius 1 is 1.47 bits per heavy atom. The number of hydrogen-bond acceptors (Lipinski definition) is 5. The molecule has 1 unspecified atom stereocenters. The van der Waals surface area contributed by atoms with Gasteiger partial charge in [0.15, 0.2) is 0 Å². The molecule has 19 heavy (non-hydrogen) atoms. The van der Waals surface area contributed by atoms with Crippen molar-refractivity contribution in [2.75, 3.05) is 32.8 Å². The Bertz CT molecular complexity index is 318. The number of nitrogens with one attached hydrogen (secondary N) is 1. The quantitative estimate of drug-likeness (QED) is 0.500. The lowest BCUT2D eigenvalue weighted by atomic mass is 10.1. The number of esters is 1. The molecular formula is C13H24N2O4. The van der Waals surface area contributed by atoms with Gasteiger partial charge in [-0.1, -0.05) is 0 Å². The molecule has 0 aromatic carbocycles. The highest BCUT2D eigenvalue weighted by Crippen LogP contribution is 2.19. The number of nitrogens with zero attached hydrogens (tertiary/aromatic N) is 1. The van der Waals surface area contributed by atoms with Crippen molar-refractivity contribution in [3.05, 3.63) is 0 Å². The van der Waals surface area contributed by atoms with E-state index in [1.165, 1.54) is 0 Å². The lowest BCUT2D eigenvalue weighted by molar-refractivity contribution is -0.143. The van der Waals surface area contributed by atoms with Crippen LogP contribution in [-0.4, -0.2) is 60.3 Å². The summed E-state index contributed by atoms with van der Waals surface area (Å²) in [6.45, 7) is 5.99. The van der Waals surface area contributed by atoms with Crippen molar-refractivity contribution in [2.24, 2.45) is 0 Å². The van der Waals surface area contributed by atoms with E-state index in [1.807, 2.05) is 4.90 Å². The molecule has 0 bridgehead atoms. The largest absolute Gasteiger partial charge is 0.466 e. The number of likely N-dealkylation sites (tertiary alicyclic amines) is 1. The molecule has 6 heteroatoms. The Labute approximate surface area is 114 Å². The first kappa shape index (κ1) is 15.9. The summed E-state index contributed by atoms with van der Waals surface area (Å²) in [5, 5.41) is 12.5. The summed E-state index contributed by atoms with van der Waals surface area (Å²) in [6, 6.07) is 0. The van der Waals surface area contributed by atoms with Crippen LogP contribution in [0.2, 0.25) is 0 Å². The van der Waals surface area contributed by atoms with Gasteiger partial charge in [-0.25, -0.2) is 0 Å². The number of amides is 1. The molecule has 1 heterocycles. The maximum absolute atomic E-state index is 11.6. The van der Waals surface area contributed by atoms with Crippen LogP contribution < -0.4 is 5.32 Å². The van der Waals surface area contributed by atoms with Crippen molar-refractivity contribution in [3.8, 4) is 0 Å². The predicted octanol–water partition coefficient (Wildman–Crippen LogP) is -0.0974. The van der Waals surface area contributed by atoms with Gasteiger partial charge >= 0.3 is 5.97 Å². The van der Waals surface area contributed by atoms with E-state index in [-0.39, 0.29) is 11.9 Å². The molecule has 2 N–H and O–H groups in total. The fourth-order valence-electron chi connectivity index (χ4n) is 2.13. The molecule has 1 rings (SSSR count). The second-order valence-electron chi connectivity index (χ2n) is 5.22. The molecule has 0 spiro atoms. The molecule has 0 aromatic heterocycles. The molecule has 0 radical (unpaired) electrons. The second kappa shape index (κ2) is 7.45. The Morgan fingerprint density at radius 2 is 2.21 bits per heavy atom. The third-order valence-corrected chi connectivity index (χ3v) is 3.08. The maximum Gasteiger partial charge on any atom is 0.305 e. The van der Waals surface area contributed by atoms with E-state index in [4.69, 9.17) is 4.74 Å². The Kier molecular flexibility index (Phi) is 6.24. The molecule has 0 aliphatic carbocycles. The summed E-state index contributed by atoms with van der Waals surface area (Å²) in [4.78, 5) is 24.6.